The lowest BCUT2D eigenvalue weighted by molar-refractivity contribution is 0.279. The molecule has 0 aliphatic heterocycles. The Kier molecular flexibility index (Phi) is 8.52. The van der Waals surface area contributed by atoms with Crippen LogP contribution in [-0.4, -0.2) is 24.0 Å². The van der Waals surface area contributed by atoms with Crippen molar-refractivity contribution in [3.63, 3.8) is 0 Å². The van der Waals surface area contributed by atoms with Gasteiger partial charge < -0.3 is 15.2 Å². The standard InChI is InChI=1S/C29H31N3O2S/c1-2-26-27(32-29(35-26)23-9-5-3-6-10-23)21-11-15-24(16-12-21)33-19-7-4-8-20-34-25-17-13-22(14-18-25)28(30)31/h3,5-6,9-18H,2,4,7-8,19-20H2,1H3,(H3,30,31). The summed E-state index contributed by atoms with van der Waals surface area (Å²) in [5.41, 5.74) is 9.53. The zero-order chi connectivity index (χ0) is 24.5. The van der Waals surface area contributed by atoms with Crippen molar-refractivity contribution in [2.24, 2.45) is 5.73 Å². The van der Waals surface area contributed by atoms with Crippen LogP contribution in [0.5, 0.6) is 11.5 Å². The number of nitrogen functional groups attached to an aromatic ring is 1. The Hall–Kier alpha value is -3.64. The SMILES string of the molecule is CCc1sc(-c2ccccc2)nc1-c1ccc(OCCCCCOc2ccc(C(=N)N)cc2)cc1. The molecule has 0 bridgehead atoms. The largest absolute Gasteiger partial charge is 0.494 e. The van der Waals surface area contributed by atoms with E-state index in [0.717, 1.165) is 59.0 Å². The summed E-state index contributed by atoms with van der Waals surface area (Å²) in [5.74, 6) is 1.75. The molecule has 0 spiro atoms. The number of thiazole rings is 1. The van der Waals surface area contributed by atoms with Gasteiger partial charge in [0.05, 0.1) is 18.9 Å². The number of aryl methyl sites for hydroxylation is 1. The molecule has 180 valence electrons. The highest BCUT2D eigenvalue weighted by molar-refractivity contribution is 7.15. The fourth-order valence-corrected chi connectivity index (χ4v) is 4.75. The molecule has 0 radical (unpaired) electrons. The van der Waals surface area contributed by atoms with Gasteiger partial charge in [0.2, 0.25) is 0 Å². The summed E-state index contributed by atoms with van der Waals surface area (Å²) < 4.78 is 11.7. The van der Waals surface area contributed by atoms with E-state index in [1.165, 1.54) is 4.88 Å². The highest BCUT2D eigenvalue weighted by Gasteiger charge is 2.13. The van der Waals surface area contributed by atoms with Crippen molar-refractivity contribution in [3.05, 3.63) is 89.3 Å². The number of hydrogen-bond acceptors (Lipinski definition) is 5. The molecule has 1 heterocycles. The number of aromatic nitrogens is 1. The van der Waals surface area contributed by atoms with Gasteiger partial charge >= 0.3 is 0 Å². The maximum atomic E-state index is 7.42. The van der Waals surface area contributed by atoms with Gasteiger partial charge in [-0.2, -0.15) is 0 Å². The molecule has 0 saturated heterocycles. The second-order valence-electron chi connectivity index (χ2n) is 8.23. The van der Waals surface area contributed by atoms with Crippen LogP contribution in [0.2, 0.25) is 0 Å². The molecule has 0 fully saturated rings. The minimum atomic E-state index is 0.0669. The number of benzene rings is 3. The number of nitrogens with zero attached hydrogens (tertiary/aromatic N) is 1. The van der Waals surface area contributed by atoms with Crippen molar-refractivity contribution in [2.45, 2.75) is 32.6 Å². The Bertz CT molecular complexity index is 1220. The Balaban J connectivity index is 1.21. The highest BCUT2D eigenvalue weighted by Crippen LogP contribution is 2.34. The number of nitrogens with one attached hydrogen (secondary N) is 1. The van der Waals surface area contributed by atoms with E-state index in [1.54, 1.807) is 23.5 Å². The Morgan fingerprint density at radius 3 is 1.97 bits per heavy atom. The predicted octanol–water partition coefficient (Wildman–Crippen LogP) is 6.95. The average Bonchev–Trinajstić information content (AvgIpc) is 3.34. The molecule has 0 atom stereocenters. The number of rotatable bonds is 12. The third-order valence-electron chi connectivity index (χ3n) is 5.66. The molecule has 1 aromatic heterocycles. The zero-order valence-corrected chi connectivity index (χ0v) is 20.8. The van der Waals surface area contributed by atoms with Gasteiger partial charge in [-0.1, -0.05) is 37.3 Å². The van der Waals surface area contributed by atoms with Crippen LogP contribution < -0.4 is 15.2 Å². The topological polar surface area (TPSA) is 81.2 Å². The van der Waals surface area contributed by atoms with Crippen molar-refractivity contribution < 1.29 is 9.47 Å². The van der Waals surface area contributed by atoms with Crippen LogP contribution in [0.15, 0.2) is 78.9 Å². The van der Waals surface area contributed by atoms with E-state index in [1.807, 2.05) is 30.3 Å². The Morgan fingerprint density at radius 2 is 1.40 bits per heavy atom. The lowest BCUT2D eigenvalue weighted by atomic mass is 10.1. The van der Waals surface area contributed by atoms with Gasteiger partial charge in [0.25, 0.3) is 0 Å². The first-order valence-electron chi connectivity index (χ1n) is 12.0. The van der Waals surface area contributed by atoms with Crippen molar-refractivity contribution in [1.82, 2.24) is 4.98 Å². The summed E-state index contributed by atoms with van der Waals surface area (Å²) in [5, 5.41) is 8.48. The molecule has 0 unspecified atom stereocenters. The van der Waals surface area contributed by atoms with Gasteiger partial charge in [0, 0.05) is 21.6 Å². The molecular formula is C29H31N3O2S. The molecule has 4 aromatic rings. The van der Waals surface area contributed by atoms with Gasteiger partial charge in [-0.05, 0) is 74.2 Å². The molecule has 0 saturated carbocycles. The van der Waals surface area contributed by atoms with E-state index >= 15 is 0 Å². The quantitative estimate of drug-likeness (QED) is 0.129. The van der Waals surface area contributed by atoms with Crippen molar-refractivity contribution >= 4 is 17.2 Å². The summed E-state index contributed by atoms with van der Waals surface area (Å²) in [6.07, 6.45) is 3.93. The van der Waals surface area contributed by atoms with E-state index in [4.69, 9.17) is 25.6 Å². The van der Waals surface area contributed by atoms with Crippen molar-refractivity contribution in [1.29, 1.82) is 5.41 Å². The summed E-state index contributed by atoms with van der Waals surface area (Å²) in [7, 11) is 0. The smallest absolute Gasteiger partial charge is 0.124 e. The molecule has 3 N–H and O–H groups in total. The number of unbranched alkanes of at least 4 members (excludes halogenated alkanes) is 2. The highest BCUT2D eigenvalue weighted by atomic mass is 32.1. The zero-order valence-electron chi connectivity index (χ0n) is 20.0. The molecule has 3 aromatic carbocycles. The predicted molar refractivity (Wildman–Crippen MR) is 145 cm³/mol. The van der Waals surface area contributed by atoms with E-state index in [0.29, 0.717) is 18.8 Å². The maximum absolute atomic E-state index is 7.42. The number of ether oxygens (including phenoxy) is 2. The van der Waals surface area contributed by atoms with Crippen molar-refractivity contribution in [3.8, 4) is 33.3 Å². The minimum absolute atomic E-state index is 0.0669. The van der Waals surface area contributed by atoms with Gasteiger partial charge in [-0.25, -0.2) is 4.98 Å². The molecule has 0 aliphatic carbocycles. The first kappa shape index (κ1) is 24.5. The maximum Gasteiger partial charge on any atom is 0.124 e. The van der Waals surface area contributed by atoms with Crippen LogP contribution in [0.4, 0.5) is 0 Å². The summed E-state index contributed by atoms with van der Waals surface area (Å²) in [6.45, 7) is 3.52. The lowest BCUT2D eigenvalue weighted by Crippen LogP contribution is -2.10. The second kappa shape index (κ2) is 12.2. The van der Waals surface area contributed by atoms with Crippen molar-refractivity contribution in [2.75, 3.05) is 13.2 Å². The van der Waals surface area contributed by atoms with Gasteiger partial charge in [0.1, 0.15) is 22.3 Å². The molecule has 4 rings (SSSR count). The third kappa shape index (κ3) is 6.70. The van der Waals surface area contributed by atoms with E-state index in [-0.39, 0.29) is 5.84 Å². The molecule has 5 nitrogen and oxygen atoms in total. The second-order valence-corrected chi connectivity index (χ2v) is 9.31. The first-order valence-corrected chi connectivity index (χ1v) is 12.8. The number of nitrogens with two attached hydrogens (primary N) is 1. The molecular weight excluding hydrogens is 454 g/mol. The first-order chi connectivity index (χ1) is 17.1. The fourth-order valence-electron chi connectivity index (χ4n) is 3.72. The third-order valence-corrected chi connectivity index (χ3v) is 6.91. The average molecular weight is 486 g/mol. The molecule has 0 amide bonds. The molecule has 0 aliphatic rings. The van der Waals surface area contributed by atoms with Crippen LogP contribution in [0.1, 0.15) is 36.6 Å². The van der Waals surface area contributed by atoms with Crippen LogP contribution in [0, 0.1) is 5.41 Å². The van der Waals surface area contributed by atoms with Gasteiger partial charge in [-0.15, -0.1) is 11.3 Å². The number of hydrogen-bond donors (Lipinski definition) is 2. The number of amidine groups is 1. The summed E-state index contributed by atoms with van der Waals surface area (Å²) in [6, 6.07) is 25.9. The summed E-state index contributed by atoms with van der Waals surface area (Å²) >= 11 is 1.77. The summed E-state index contributed by atoms with van der Waals surface area (Å²) in [4.78, 5) is 6.24. The van der Waals surface area contributed by atoms with Crippen LogP contribution in [0.25, 0.3) is 21.8 Å². The monoisotopic (exact) mass is 485 g/mol. The fraction of sp³-hybridized carbons (Fsp3) is 0.241. The van der Waals surface area contributed by atoms with Crippen LogP contribution >= 0.6 is 11.3 Å². The normalized spacial score (nSPS) is 10.8. The van der Waals surface area contributed by atoms with E-state index < -0.39 is 0 Å². The Labute approximate surface area is 211 Å². The molecule has 35 heavy (non-hydrogen) atoms. The lowest BCUT2D eigenvalue weighted by Gasteiger charge is -2.08. The van der Waals surface area contributed by atoms with Gasteiger partial charge in [0.15, 0.2) is 0 Å². The van der Waals surface area contributed by atoms with Crippen LogP contribution in [0.3, 0.4) is 0 Å². The van der Waals surface area contributed by atoms with Crippen LogP contribution in [-0.2, 0) is 6.42 Å². The van der Waals surface area contributed by atoms with Gasteiger partial charge in [-0.3, -0.25) is 5.41 Å². The Morgan fingerprint density at radius 1 is 0.800 bits per heavy atom. The minimum Gasteiger partial charge on any atom is -0.494 e. The van der Waals surface area contributed by atoms with E-state index in [9.17, 15) is 0 Å². The molecule has 6 heteroatoms. The van der Waals surface area contributed by atoms with E-state index in [2.05, 4.69) is 43.3 Å².